The van der Waals surface area contributed by atoms with Crippen LogP contribution in [0.15, 0.2) is 0 Å². The molecule has 0 rings (SSSR count). The summed E-state index contributed by atoms with van der Waals surface area (Å²) in [4.78, 5) is 0. The minimum Gasteiger partial charge on any atom is -0.256 e. The molecule has 0 spiro atoms. The first-order chi connectivity index (χ1) is 11.4. The quantitative estimate of drug-likeness (QED) is 0.396. The molecule has 0 bridgehead atoms. The van der Waals surface area contributed by atoms with E-state index in [4.69, 9.17) is 0 Å². The van der Waals surface area contributed by atoms with Gasteiger partial charge in [0.15, 0.2) is 13.2 Å². The van der Waals surface area contributed by atoms with Crippen molar-refractivity contribution in [3.63, 3.8) is 0 Å². The third-order valence-electron chi connectivity index (χ3n) is 2.11. The maximum absolute atomic E-state index is 13.2. The maximum Gasteiger partial charge on any atom is 0.439 e. The number of alkyl halides is 12. The number of rotatable bonds is 8. The highest BCUT2D eigenvalue weighted by Gasteiger charge is 2.83. The summed E-state index contributed by atoms with van der Waals surface area (Å²) in [6.07, 6.45) is -11.5. The number of hydrogen-bond acceptors (Lipinski definition) is 6. The fourth-order valence-electron chi connectivity index (χ4n) is 0.920. The minimum absolute atomic E-state index is 2.44. The molecule has 0 radical (unpaired) electrons. The van der Waals surface area contributed by atoms with Crippen molar-refractivity contribution in [2.24, 2.45) is 0 Å². The Labute approximate surface area is 141 Å². The van der Waals surface area contributed by atoms with Crippen LogP contribution in [0.25, 0.3) is 0 Å². The Morgan fingerprint density at radius 3 is 0.926 bits per heavy atom. The highest BCUT2D eigenvalue weighted by molar-refractivity contribution is 7.89. The van der Waals surface area contributed by atoms with Gasteiger partial charge in [-0.15, -0.1) is 0 Å². The Kier molecular flexibility index (Phi) is 6.83. The molecule has 0 unspecified atom stereocenters. The van der Waals surface area contributed by atoms with E-state index in [-0.39, 0.29) is 0 Å². The Morgan fingerprint density at radius 2 is 0.741 bits per heavy atom. The summed E-state index contributed by atoms with van der Waals surface area (Å²) in [6.45, 7) is -6.38. The maximum atomic E-state index is 13.2. The van der Waals surface area contributed by atoms with E-state index in [1.165, 1.54) is 0 Å². The van der Waals surface area contributed by atoms with Crippen molar-refractivity contribution in [2.75, 3.05) is 13.2 Å². The zero-order chi connectivity index (χ0) is 22.3. The van der Waals surface area contributed by atoms with E-state index < -0.39 is 62.2 Å². The van der Waals surface area contributed by atoms with Gasteiger partial charge in [-0.25, -0.2) is 0 Å². The zero-order valence-electron chi connectivity index (χ0n) is 11.7. The van der Waals surface area contributed by atoms with Crippen LogP contribution in [0.4, 0.5) is 52.7 Å². The van der Waals surface area contributed by atoms with Gasteiger partial charge in [0.2, 0.25) is 0 Å². The minimum atomic E-state index is -7.62. The Hall–Kier alpha value is -1.02. The first-order valence-electron chi connectivity index (χ1n) is 5.46. The van der Waals surface area contributed by atoms with Crippen molar-refractivity contribution in [1.82, 2.24) is 0 Å². The molecular formula is C7H4F12O6S2. The first kappa shape index (κ1) is 26.0. The molecule has 6 nitrogen and oxygen atoms in total. The molecule has 0 aromatic carbocycles. The van der Waals surface area contributed by atoms with E-state index in [2.05, 4.69) is 8.37 Å². The lowest BCUT2D eigenvalue weighted by Crippen LogP contribution is -2.61. The molecule has 0 saturated heterocycles. The van der Waals surface area contributed by atoms with Crippen LogP contribution >= 0.6 is 0 Å². The van der Waals surface area contributed by atoms with Gasteiger partial charge >= 0.3 is 49.0 Å². The Morgan fingerprint density at radius 1 is 0.519 bits per heavy atom. The van der Waals surface area contributed by atoms with E-state index in [0.717, 1.165) is 0 Å². The largest absolute Gasteiger partial charge is 0.439 e. The van der Waals surface area contributed by atoms with Crippen LogP contribution in [0.3, 0.4) is 0 Å². The van der Waals surface area contributed by atoms with Gasteiger partial charge in [0.05, 0.1) is 0 Å². The summed E-state index contributed by atoms with van der Waals surface area (Å²) in [6, 6.07) is 0. The highest BCUT2D eigenvalue weighted by atomic mass is 32.2. The normalized spacial score (nSPS) is 15.9. The summed E-state index contributed by atoms with van der Waals surface area (Å²) < 4.78 is 197. The standard InChI is InChI=1S/C7H4F12O6S2/c8-3(9,10)1-24-26(20,21)6(16,17)5(14,15)7(18,19)27(22,23)25-2-4(11,12)13/h1-2H2. The molecule has 0 atom stereocenters. The average molecular weight is 476 g/mol. The molecule has 0 aliphatic carbocycles. The van der Waals surface area contributed by atoms with Crippen LogP contribution in [0, 0.1) is 0 Å². The van der Waals surface area contributed by atoms with Crippen LogP contribution in [-0.4, -0.2) is 58.8 Å². The van der Waals surface area contributed by atoms with Crippen molar-refractivity contribution in [2.45, 2.75) is 28.8 Å². The van der Waals surface area contributed by atoms with E-state index in [0.29, 0.717) is 0 Å². The molecule has 0 aromatic rings. The van der Waals surface area contributed by atoms with E-state index in [9.17, 15) is 69.5 Å². The van der Waals surface area contributed by atoms with E-state index in [1.807, 2.05) is 0 Å². The van der Waals surface area contributed by atoms with Gasteiger partial charge in [-0.3, -0.25) is 8.37 Å². The van der Waals surface area contributed by atoms with Gasteiger partial charge in [-0.1, -0.05) is 0 Å². The molecule has 0 aliphatic rings. The average Bonchev–Trinajstić information content (AvgIpc) is 2.41. The van der Waals surface area contributed by atoms with Crippen molar-refractivity contribution in [3.05, 3.63) is 0 Å². The lowest BCUT2D eigenvalue weighted by molar-refractivity contribution is -0.250. The molecule has 0 heterocycles. The predicted molar refractivity (Wildman–Crippen MR) is 56.7 cm³/mol. The van der Waals surface area contributed by atoms with E-state index >= 15 is 0 Å². The molecule has 0 fully saturated rings. The number of hydrogen-bond donors (Lipinski definition) is 0. The third-order valence-corrected chi connectivity index (χ3v) is 4.74. The van der Waals surface area contributed by atoms with Gasteiger partial charge in [0.25, 0.3) is 0 Å². The van der Waals surface area contributed by atoms with Gasteiger partial charge in [0, 0.05) is 0 Å². The van der Waals surface area contributed by atoms with Crippen LogP contribution in [0.1, 0.15) is 0 Å². The molecule has 0 N–H and O–H groups in total. The summed E-state index contributed by atoms with van der Waals surface area (Å²) in [7, 11) is -15.1. The van der Waals surface area contributed by atoms with Crippen LogP contribution in [-0.2, 0) is 28.6 Å². The van der Waals surface area contributed by atoms with Gasteiger partial charge < -0.3 is 0 Å². The fourth-order valence-corrected chi connectivity index (χ4v) is 2.74. The molecule has 0 saturated carbocycles. The molecular weight excluding hydrogens is 472 g/mol. The summed E-state index contributed by atoms with van der Waals surface area (Å²) >= 11 is 0. The third kappa shape index (κ3) is 5.50. The monoisotopic (exact) mass is 476 g/mol. The topological polar surface area (TPSA) is 86.7 Å². The SMILES string of the molecule is O=S(=O)(OCC(F)(F)F)C(F)(F)C(F)(F)C(F)(F)S(=O)(=O)OCC(F)(F)F. The first-order valence-corrected chi connectivity index (χ1v) is 8.28. The van der Waals surface area contributed by atoms with Crippen molar-refractivity contribution in [1.29, 1.82) is 0 Å². The molecule has 0 amide bonds. The lowest BCUT2D eigenvalue weighted by atomic mass is 10.3. The smallest absolute Gasteiger partial charge is 0.256 e. The summed E-state index contributed by atoms with van der Waals surface area (Å²) in [5.74, 6) is -7.62. The predicted octanol–water partition coefficient (Wildman–Crippen LogP) is 2.62. The second-order valence-electron chi connectivity index (χ2n) is 4.27. The summed E-state index contributed by atoms with van der Waals surface area (Å²) in [5.41, 5.74) is 0. The van der Waals surface area contributed by atoms with E-state index in [1.54, 1.807) is 0 Å². The fraction of sp³-hybridized carbons (Fsp3) is 1.00. The van der Waals surface area contributed by atoms with Gasteiger partial charge in [-0.05, 0) is 0 Å². The molecule has 0 aliphatic heterocycles. The van der Waals surface area contributed by atoms with Crippen LogP contribution in [0.5, 0.6) is 0 Å². The lowest BCUT2D eigenvalue weighted by Gasteiger charge is -2.30. The second-order valence-corrected chi connectivity index (χ2v) is 7.58. The molecule has 20 heteroatoms. The van der Waals surface area contributed by atoms with Gasteiger partial charge in [-0.2, -0.15) is 69.5 Å². The Bertz CT molecular complexity index is 671. The summed E-state index contributed by atoms with van der Waals surface area (Å²) in [5, 5.41) is -14.7. The van der Waals surface area contributed by atoms with Crippen LogP contribution < -0.4 is 0 Å². The second kappa shape index (κ2) is 7.10. The Balaban J connectivity index is 5.98. The van der Waals surface area contributed by atoms with Crippen molar-refractivity contribution < 1.29 is 77.9 Å². The molecule has 0 aromatic heterocycles. The van der Waals surface area contributed by atoms with Crippen molar-refractivity contribution >= 4 is 20.2 Å². The highest BCUT2D eigenvalue weighted by Crippen LogP contribution is 2.51. The van der Waals surface area contributed by atoms with Crippen molar-refractivity contribution in [3.8, 4) is 0 Å². The molecule has 164 valence electrons. The van der Waals surface area contributed by atoms with Crippen LogP contribution in [0.2, 0.25) is 0 Å². The molecule has 27 heavy (non-hydrogen) atoms. The number of halogens is 12. The van der Waals surface area contributed by atoms with Gasteiger partial charge in [0.1, 0.15) is 0 Å². The zero-order valence-corrected chi connectivity index (χ0v) is 13.3.